The zero-order valence-electron chi connectivity index (χ0n) is 24.5. The molecule has 3 aromatic rings. The van der Waals surface area contributed by atoms with Crippen LogP contribution in [0.25, 0.3) is 27.0 Å². The van der Waals surface area contributed by atoms with Gasteiger partial charge in [-0.25, -0.2) is 9.78 Å². The summed E-state index contributed by atoms with van der Waals surface area (Å²) in [5, 5.41) is 5.81. The van der Waals surface area contributed by atoms with Crippen LogP contribution in [0.4, 0.5) is 4.79 Å². The number of carbonyl (C=O) groups excluding carboxylic acids is 1. The highest BCUT2D eigenvalue weighted by molar-refractivity contribution is 6.76. The monoisotopic (exact) mass is 551 g/mol. The molecule has 1 aliphatic heterocycles. The van der Waals surface area contributed by atoms with Gasteiger partial charge in [-0.15, -0.1) is 0 Å². The lowest BCUT2D eigenvalue weighted by molar-refractivity contribution is -0.0312. The van der Waals surface area contributed by atoms with E-state index in [0.29, 0.717) is 26.2 Å². The summed E-state index contributed by atoms with van der Waals surface area (Å²) < 4.78 is 15.6. The first-order valence-electron chi connectivity index (χ1n) is 13.9. The molecule has 0 aliphatic carbocycles. The summed E-state index contributed by atoms with van der Waals surface area (Å²) in [6, 6.07) is 8.46. The molecule has 1 saturated heterocycles. The molecule has 210 valence electrons. The second-order valence-corrected chi connectivity index (χ2v) is 18.3. The summed E-state index contributed by atoms with van der Waals surface area (Å²) in [6.07, 6.45) is 9.05. The van der Waals surface area contributed by atoms with Crippen molar-refractivity contribution in [3.05, 3.63) is 41.8 Å². The van der Waals surface area contributed by atoms with E-state index in [9.17, 15) is 4.79 Å². The van der Waals surface area contributed by atoms with Gasteiger partial charge in [0, 0.05) is 50.6 Å². The molecule has 3 aromatic heterocycles. The van der Waals surface area contributed by atoms with Crippen LogP contribution >= 0.6 is 0 Å². The SMILES string of the molecule is CCC[N+]#CCC1(n2cc(-c3ccnc4c3ccn4COCC[Si](C)(C)C)cn2)CN(C(=O)OC(C)(C)C)C1. The molecule has 1 aliphatic rings. The van der Waals surface area contributed by atoms with E-state index in [4.69, 9.17) is 14.6 Å². The fourth-order valence-corrected chi connectivity index (χ4v) is 5.32. The number of nitrogens with zero attached hydrogens (tertiary/aromatic N) is 6. The van der Waals surface area contributed by atoms with Crippen molar-refractivity contribution in [2.75, 3.05) is 26.2 Å². The molecule has 4 rings (SSSR count). The molecule has 0 atom stereocenters. The van der Waals surface area contributed by atoms with Gasteiger partial charge in [-0.1, -0.05) is 31.4 Å². The standard InChI is InChI=1S/C29H43N6O3Si/c1-8-12-30-14-11-29(20-34(21-29)27(36)38-28(2,3)4)35-19-23(18-32-35)24-9-13-31-26-25(24)10-15-33(26)22-37-16-17-39(5,6)7/h9-10,13,15,18-19H,8,11-12,16-17,20-22H2,1-7H3/q+1. The van der Waals surface area contributed by atoms with Crippen LogP contribution in [0.2, 0.25) is 25.7 Å². The molecule has 0 aromatic carbocycles. The predicted molar refractivity (Wildman–Crippen MR) is 158 cm³/mol. The van der Waals surface area contributed by atoms with Gasteiger partial charge in [0.2, 0.25) is 0 Å². The predicted octanol–water partition coefficient (Wildman–Crippen LogP) is 6.29. The summed E-state index contributed by atoms with van der Waals surface area (Å²) in [5.74, 6) is 0. The van der Waals surface area contributed by atoms with E-state index in [-0.39, 0.29) is 6.09 Å². The second-order valence-electron chi connectivity index (χ2n) is 12.7. The Hall–Kier alpha value is -3.16. The molecule has 0 radical (unpaired) electrons. The Morgan fingerprint density at radius 3 is 2.69 bits per heavy atom. The van der Waals surface area contributed by atoms with Gasteiger partial charge >= 0.3 is 6.09 Å². The average Bonchev–Trinajstić information content (AvgIpc) is 3.47. The number of aromatic nitrogens is 4. The van der Waals surface area contributed by atoms with E-state index < -0.39 is 19.2 Å². The van der Waals surface area contributed by atoms with Crippen molar-refractivity contribution in [2.45, 2.75) is 84.1 Å². The average molecular weight is 552 g/mol. The third-order valence-corrected chi connectivity index (χ3v) is 8.45. The maximum Gasteiger partial charge on any atom is 0.410 e. The van der Waals surface area contributed by atoms with E-state index >= 15 is 0 Å². The minimum atomic E-state index is -1.13. The van der Waals surface area contributed by atoms with Gasteiger partial charge < -0.3 is 18.9 Å². The van der Waals surface area contributed by atoms with E-state index in [1.165, 1.54) is 0 Å². The highest BCUT2D eigenvalue weighted by Gasteiger charge is 2.49. The van der Waals surface area contributed by atoms with Crippen LogP contribution in [0.5, 0.6) is 0 Å². The van der Waals surface area contributed by atoms with Gasteiger partial charge in [0.25, 0.3) is 12.6 Å². The first-order valence-corrected chi connectivity index (χ1v) is 17.6. The number of amides is 1. The summed E-state index contributed by atoms with van der Waals surface area (Å²) in [4.78, 5) is 23.4. The molecule has 9 nitrogen and oxygen atoms in total. The summed E-state index contributed by atoms with van der Waals surface area (Å²) in [7, 11) is -1.13. The molecule has 0 spiro atoms. The Labute approximate surface area is 232 Å². The fourth-order valence-electron chi connectivity index (χ4n) is 4.56. The molecule has 0 unspecified atom stereocenters. The Morgan fingerprint density at radius 1 is 1.23 bits per heavy atom. The Kier molecular flexibility index (Phi) is 8.52. The van der Waals surface area contributed by atoms with Gasteiger partial charge in [-0.2, -0.15) is 5.10 Å². The number of fused-ring (bicyclic) bond motifs is 1. The van der Waals surface area contributed by atoms with Gasteiger partial charge in [0.15, 0.2) is 0 Å². The Balaban J connectivity index is 1.54. The van der Waals surface area contributed by atoms with Gasteiger partial charge in [-0.05, 0) is 44.5 Å². The number of pyridine rings is 1. The van der Waals surface area contributed by atoms with Crippen LogP contribution in [0.3, 0.4) is 0 Å². The van der Waals surface area contributed by atoms with Crippen molar-refractivity contribution >= 4 is 25.2 Å². The van der Waals surface area contributed by atoms with Crippen molar-refractivity contribution < 1.29 is 14.3 Å². The first-order chi connectivity index (χ1) is 18.4. The lowest BCUT2D eigenvalue weighted by Crippen LogP contribution is -2.64. The van der Waals surface area contributed by atoms with Crippen molar-refractivity contribution in [3.8, 4) is 17.2 Å². The van der Waals surface area contributed by atoms with Gasteiger partial charge in [-0.3, -0.25) is 4.68 Å². The Bertz CT molecular complexity index is 1350. The molecule has 0 N–H and O–H groups in total. The van der Waals surface area contributed by atoms with Crippen molar-refractivity contribution in [3.63, 3.8) is 0 Å². The quantitative estimate of drug-likeness (QED) is 0.231. The van der Waals surface area contributed by atoms with E-state index in [1.54, 1.807) is 4.90 Å². The molecule has 0 bridgehead atoms. The molecule has 1 amide bonds. The van der Waals surface area contributed by atoms with E-state index in [0.717, 1.165) is 47.8 Å². The van der Waals surface area contributed by atoms with Crippen LogP contribution in [0.1, 0.15) is 40.5 Å². The first kappa shape index (κ1) is 28.8. The highest BCUT2D eigenvalue weighted by atomic mass is 28.3. The number of rotatable bonds is 9. The van der Waals surface area contributed by atoms with Crippen molar-refractivity contribution in [2.24, 2.45) is 0 Å². The summed E-state index contributed by atoms with van der Waals surface area (Å²) in [6.45, 7) is 17.8. The number of hydrogen-bond donors (Lipinski definition) is 0. The van der Waals surface area contributed by atoms with Gasteiger partial charge in [0.05, 0.1) is 19.3 Å². The smallest absolute Gasteiger partial charge is 0.410 e. The fraction of sp³-hybridized carbons (Fsp3) is 0.586. The maximum atomic E-state index is 12.7. The van der Waals surface area contributed by atoms with Crippen LogP contribution in [-0.4, -0.2) is 70.2 Å². The van der Waals surface area contributed by atoms with Crippen LogP contribution in [-0.2, 0) is 21.7 Å². The maximum absolute atomic E-state index is 12.7. The third-order valence-electron chi connectivity index (χ3n) is 6.75. The normalized spacial score (nSPS) is 15.1. The molecule has 39 heavy (non-hydrogen) atoms. The lowest BCUT2D eigenvalue weighted by atomic mass is 9.87. The highest BCUT2D eigenvalue weighted by Crippen LogP contribution is 2.36. The molecular formula is C29H43N6O3Si+. The number of hydrogen-bond acceptors (Lipinski definition) is 5. The van der Waals surface area contributed by atoms with Crippen molar-refractivity contribution in [1.29, 1.82) is 0 Å². The minimum Gasteiger partial charge on any atom is -0.444 e. The lowest BCUT2D eigenvalue weighted by Gasteiger charge is -2.48. The number of ether oxygens (including phenoxy) is 2. The summed E-state index contributed by atoms with van der Waals surface area (Å²) >= 11 is 0. The second kappa shape index (κ2) is 11.5. The molecule has 4 heterocycles. The molecular weight excluding hydrogens is 508 g/mol. The van der Waals surface area contributed by atoms with E-state index in [1.807, 2.05) is 50.1 Å². The topological polar surface area (TPSA) is 78.8 Å². The van der Waals surface area contributed by atoms with Crippen LogP contribution in [0, 0.1) is 6.07 Å². The van der Waals surface area contributed by atoms with E-state index in [2.05, 4.69) is 59.3 Å². The van der Waals surface area contributed by atoms with Crippen LogP contribution in [0.15, 0.2) is 36.9 Å². The van der Waals surface area contributed by atoms with Crippen LogP contribution < -0.4 is 0 Å². The Morgan fingerprint density at radius 2 is 2.00 bits per heavy atom. The largest absolute Gasteiger partial charge is 0.444 e. The molecule has 1 fully saturated rings. The zero-order chi connectivity index (χ0) is 28.3. The number of likely N-dealkylation sites (tertiary alicyclic amines) is 1. The minimum absolute atomic E-state index is 0.305. The molecule has 10 heteroatoms. The zero-order valence-corrected chi connectivity index (χ0v) is 25.5. The van der Waals surface area contributed by atoms with Crippen molar-refractivity contribution in [1.82, 2.24) is 24.2 Å². The van der Waals surface area contributed by atoms with Gasteiger partial charge in [0.1, 0.15) is 29.9 Å². The number of carbonyl (C=O) groups is 1. The summed E-state index contributed by atoms with van der Waals surface area (Å²) in [5.41, 5.74) is 2.01. The third kappa shape index (κ3) is 7.08. The molecule has 0 saturated carbocycles.